The Morgan fingerprint density at radius 2 is 1.52 bits per heavy atom. The molecule has 110 valence electrons. The average Bonchev–Trinajstić information content (AvgIpc) is 2.43. The van der Waals surface area contributed by atoms with Gasteiger partial charge in [0, 0.05) is 5.56 Å². The van der Waals surface area contributed by atoms with Gasteiger partial charge in [0.25, 0.3) is 0 Å². The standard InChI is InChI=1S/C16H13F3O2/c17-12-6-4-10(5-7-12)8-11(16(20)21)9-13-14(18)2-1-3-15(13)19/h1-7,11H,8-9H2,(H,20,21). The zero-order chi connectivity index (χ0) is 15.4. The Morgan fingerprint density at radius 3 is 2.05 bits per heavy atom. The van der Waals surface area contributed by atoms with Crippen molar-refractivity contribution in [3.05, 3.63) is 71.0 Å². The Balaban J connectivity index is 2.20. The highest BCUT2D eigenvalue weighted by Crippen LogP contribution is 2.20. The second-order valence-electron chi connectivity index (χ2n) is 4.77. The minimum atomic E-state index is -1.15. The van der Waals surface area contributed by atoms with Crippen LogP contribution in [0, 0.1) is 23.4 Å². The van der Waals surface area contributed by atoms with Crippen LogP contribution >= 0.6 is 0 Å². The summed E-state index contributed by atoms with van der Waals surface area (Å²) in [5.41, 5.74) is 0.354. The van der Waals surface area contributed by atoms with E-state index in [1.807, 2.05) is 0 Å². The third-order valence-electron chi connectivity index (χ3n) is 3.26. The van der Waals surface area contributed by atoms with Crippen LogP contribution in [0.5, 0.6) is 0 Å². The minimum Gasteiger partial charge on any atom is -0.481 e. The zero-order valence-corrected chi connectivity index (χ0v) is 11.0. The van der Waals surface area contributed by atoms with Crippen molar-refractivity contribution in [2.45, 2.75) is 12.8 Å². The molecule has 2 rings (SSSR count). The maximum absolute atomic E-state index is 13.6. The summed E-state index contributed by atoms with van der Waals surface area (Å²) in [6, 6.07) is 8.77. The van der Waals surface area contributed by atoms with Crippen molar-refractivity contribution in [1.82, 2.24) is 0 Å². The van der Waals surface area contributed by atoms with E-state index in [-0.39, 0.29) is 18.4 Å². The van der Waals surface area contributed by atoms with Gasteiger partial charge in [0.15, 0.2) is 0 Å². The lowest BCUT2D eigenvalue weighted by Gasteiger charge is -2.13. The van der Waals surface area contributed by atoms with Gasteiger partial charge < -0.3 is 5.11 Å². The molecule has 0 aliphatic carbocycles. The Kier molecular flexibility index (Phi) is 4.62. The van der Waals surface area contributed by atoms with Crippen LogP contribution in [0.4, 0.5) is 13.2 Å². The summed E-state index contributed by atoms with van der Waals surface area (Å²) in [6.45, 7) is 0. The minimum absolute atomic E-state index is 0.0728. The number of hydrogen-bond acceptors (Lipinski definition) is 1. The summed E-state index contributed by atoms with van der Waals surface area (Å²) in [5.74, 6) is -4.09. The molecule has 0 aliphatic heterocycles. The number of carboxylic acid groups (broad SMARTS) is 1. The Morgan fingerprint density at radius 1 is 0.952 bits per heavy atom. The van der Waals surface area contributed by atoms with Crippen LogP contribution in [0.25, 0.3) is 0 Å². The Hall–Kier alpha value is -2.30. The van der Waals surface area contributed by atoms with E-state index in [9.17, 15) is 23.1 Å². The first-order valence-electron chi connectivity index (χ1n) is 6.37. The monoisotopic (exact) mass is 294 g/mol. The highest BCUT2D eigenvalue weighted by molar-refractivity contribution is 5.71. The van der Waals surface area contributed by atoms with E-state index < -0.39 is 29.3 Å². The van der Waals surface area contributed by atoms with Crippen LogP contribution in [0.3, 0.4) is 0 Å². The number of rotatable bonds is 5. The van der Waals surface area contributed by atoms with Gasteiger partial charge in [0.05, 0.1) is 5.92 Å². The summed E-state index contributed by atoms with van der Waals surface area (Å²) >= 11 is 0. The lowest BCUT2D eigenvalue weighted by molar-refractivity contribution is -0.141. The second kappa shape index (κ2) is 6.43. The molecule has 0 bridgehead atoms. The summed E-state index contributed by atoms with van der Waals surface area (Å²) in [7, 11) is 0. The molecule has 0 heterocycles. The van der Waals surface area contributed by atoms with Gasteiger partial charge in [0.1, 0.15) is 17.5 Å². The van der Waals surface area contributed by atoms with Crippen molar-refractivity contribution in [2.24, 2.45) is 5.92 Å². The topological polar surface area (TPSA) is 37.3 Å². The summed E-state index contributed by atoms with van der Waals surface area (Å²) < 4.78 is 40.0. The predicted octanol–water partition coefficient (Wildman–Crippen LogP) is 3.59. The molecule has 2 aromatic rings. The van der Waals surface area contributed by atoms with Gasteiger partial charge in [-0.3, -0.25) is 4.79 Å². The molecule has 1 unspecified atom stereocenters. The van der Waals surface area contributed by atoms with E-state index in [4.69, 9.17) is 0 Å². The third-order valence-corrected chi connectivity index (χ3v) is 3.26. The van der Waals surface area contributed by atoms with Crippen LogP contribution in [0.1, 0.15) is 11.1 Å². The van der Waals surface area contributed by atoms with Gasteiger partial charge in [-0.05, 0) is 42.7 Å². The first-order valence-corrected chi connectivity index (χ1v) is 6.37. The molecule has 0 radical (unpaired) electrons. The van der Waals surface area contributed by atoms with Gasteiger partial charge in [-0.15, -0.1) is 0 Å². The number of benzene rings is 2. The molecule has 21 heavy (non-hydrogen) atoms. The molecule has 5 heteroatoms. The van der Waals surface area contributed by atoms with E-state index in [1.54, 1.807) is 0 Å². The fourth-order valence-corrected chi connectivity index (χ4v) is 2.13. The highest BCUT2D eigenvalue weighted by atomic mass is 19.1. The molecule has 0 saturated heterocycles. The summed E-state index contributed by atoms with van der Waals surface area (Å²) in [4.78, 5) is 11.3. The summed E-state index contributed by atoms with van der Waals surface area (Å²) in [6.07, 6.45) is -0.186. The van der Waals surface area contributed by atoms with Crippen LogP contribution in [-0.4, -0.2) is 11.1 Å². The summed E-state index contributed by atoms with van der Waals surface area (Å²) in [5, 5.41) is 9.21. The largest absolute Gasteiger partial charge is 0.481 e. The molecule has 0 fully saturated rings. The maximum atomic E-state index is 13.6. The van der Waals surface area contributed by atoms with Crippen molar-refractivity contribution >= 4 is 5.97 Å². The quantitative estimate of drug-likeness (QED) is 0.915. The first-order chi connectivity index (χ1) is 9.97. The molecule has 0 aliphatic rings. The van der Waals surface area contributed by atoms with Crippen molar-refractivity contribution in [2.75, 3.05) is 0 Å². The zero-order valence-electron chi connectivity index (χ0n) is 11.0. The van der Waals surface area contributed by atoms with Crippen LogP contribution in [0.2, 0.25) is 0 Å². The molecule has 0 spiro atoms. The molecule has 0 saturated carbocycles. The second-order valence-corrected chi connectivity index (χ2v) is 4.77. The fraction of sp³-hybridized carbons (Fsp3) is 0.188. The number of aliphatic carboxylic acids is 1. The molecule has 0 amide bonds. The highest BCUT2D eigenvalue weighted by Gasteiger charge is 2.22. The number of halogens is 3. The Bertz CT molecular complexity index is 618. The van der Waals surface area contributed by atoms with Crippen molar-refractivity contribution in [3.8, 4) is 0 Å². The normalized spacial score (nSPS) is 12.1. The van der Waals surface area contributed by atoms with Crippen LogP contribution in [-0.2, 0) is 17.6 Å². The first kappa shape index (κ1) is 15.1. The lowest BCUT2D eigenvalue weighted by atomic mass is 9.92. The lowest BCUT2D eigenvalue weighted by Crippen LogP contribution is -2.20. The number of carboxylic acids is 1. The van der Waals surface area contributed by atoms with Crippen molar-refractivity contribution in [1.29, 1.82) is 0 Å². The predicted molar refractivity (Wildman–Crippen MR) is 71.3 cm³/mol. The van der Waals surface area contributed by atoms with E-state index >= 15 is 0 Å². The SMILES string of the molecule is O=C(O)C(Cc1ccc(F)cc1)Cc1c(F)cccc1F. The van der Waals surface area contributed by atoms with Crippen LogP contribution < -0.4 is 0 Å². The molecular formula is C16H13F3O2. The molecular weight excluding hydrogens is 281 g/mol. The van der Waals surface area contributed by atoms with Crippen molar-refractivity contribution in [3.63, 3.8) is 0 Å². The van der Waals surface area contributed by atoms with Gasteiger partial charge in [-0.1, -0.05) is 18.2 Å². The maximum Gasteiger partial charge on any atom is 0.307 e. The third kappa shape index (κ3) is 3.84. The van der Waals surface area contributed by atoms with E-state index in [0.29, 0.717) is 5.56 Å². The van der Waals surface area contributed by atoms with Crippen LogP contribution in [0.15, 0.2) is 42.5 Å². The Labute approximate surface area is 119 Å². The average molecular weight is 294 g/mol. The van der Waals surface area contributed by atoms with E-state index in [1.165, 1.54) is 30.3 Å². The van der Waals surface area contributed by atoms with E-state index in [0.717, 1.165) is 12.1 Å². The molecule has 2 aromatic carbocycles. The van der Waals surface area contributed by atoms with Crippen molar-refractivity contribution < 1.29 is 23.1 Å². The molecule has 0 aromatic heterocycles. The molecule has 1 N–H and O–H groups in total. The molecule has 2 nitrogen and oxygen atoms in total. The number of hydrogen-bond donors (Lipinski definition) is 1. The van der Waals surface area contributed by atoms with Gasteiger partial charge in [-0.25, -0.2) is 13.2 Å². The van der Waals surface area contributed by atoms with Gasteiger partial charge >= 0.3 is 5.97 Å². The van der Waals surface area contributed by atoms with Gasteiger partial charge in [-0.2, -0.15) is 0 Å². The van der Waals surface area contributed by atoms with E-state index in [2.05, 4.69) is 0 Å². The fourth-order valence-electron chi connectivity index (χ4n) is 2.13. The van der Waals surface area contributed by atoms with Gasteiger partial charge in [0.2, 0.25) is 0 Å². The smallest absolute Gasteiger partial charge is 0.307 e. The number of carbonyl (C=O) groups is 1. The molecule has 1 atom stereocenters.